The van der Waals surface area contributed by atoms with Crippen LogP contribution in [0.25, 0.3) is 0 Å². The van der Waals surface area contributed by atoms with Crippen molar-refractivity contribution in [2.24, 2.45) is 0 Å². The van der Waals surface area contributed by atoms with Gasteiger partial charge in [0.25, 0.3) is 0 Å². The van der Waals surface area contributed by atoms with Crippen LogP contribution in [-0.2, 0) is 12.8 Å². The van der Waals surface area contributed by atoms with Crippen LogP contribution >= 0.6 is 0 Å². The molecule has 1 atom stereocenters. The van der Waals surface area contributed by atoms with Gasteiger partial charge in [-0.2, -0.15) is 4.98 Å². The van der Waals surface area contributed by atoms with E-state index >= 15 is 0 Å². The van der Waals surface area contributed by atoms with E-state index in [1.807, 2.05) is 25.2 Å². The lowest BCUT2D eigenvalue weighted by Gasteiger charge is -2.09. The number of nitrogens with zero attached hydrogens (tertiary/aromatic N) is 2. The predicted octanol–water partition coefficient (Wildman–Crippen LogP) is 2.20. The summed E-state index contributed by atoms with van der Waals surface area (Å²) in [5, 5.41) is 7.25. The van der Waals surface area contributed by atoms with Crippen molar-refractivity contribution in [3.63, 3.8) is 0 Å². The molecule has 2 aromatic rings. The van der Waals surface area contributed by atoms with Gasteiger partial charge in [-0.1, -0.05) is 42.4 Å². The lowest BCUT2D eigenvalue weighted by molar-refractivity contribution is 0.355. The first-order chi connectivity index (χ1) is 8.81. The highest BCUT2D eigenvalue weighted by Crippen LogP contribution is 2.08. The minimum Gasteiger partial charge on any atom is -0.339 e. The van der Waals surface area contributed by atoms with Gasteiger partial charge in [0.1, 0.15) is 0 Å². The van der Waals surface area contributed by atoms with Crippen molar-refractivity contribution in [2.75, 3.05) is 7.05 Å². The molecular weight excluding hydrogens is 226 g/mol. The standard InChI is InChI=1S/C14H19N3O/c1-3-12(15-2)10-14-16-13(17-18-14)9-11-7-5-4-6-8-11/h4-8,12,15H,3,9-10H2,1-2H3. The maximum Gasteiger partial charge on any atom is 0.228 e. The van der Waals surface area contributed by atoms with E-state index in [2.05, 4.69) is 34.5 Å². The van der Waals surface area contributed by atoms with E-state index in [9.17, 15) is 0 Å². The Hall–Kier alpha value is -1.68. The van der Waals surface area contributed by atoms with E-state index in [4.69, 9.17) is 4.52 Å². The maximum atomic E-state index is 5.27. The number of hydrogen-bond donors (Lipinski definition) is 1. The fourth-order valence-electron chi connectivity index (χ4n) is 1.88. The molecular formula is C14H19N3O. The van der Waals surface area contributed by atoms with Gasteiger partial charge in [0.2, 0.25) is 5.89 Å². The van der Waals surface area contributed by atoms with E-state index in [1.165, 1.54) is 5.56 Å². The summed E-state index contributed by atoms with van der Waals surface area (Å²) >= 11 is 0. The van der Waals surface area contributed by atoms with Crippen molar-refractivity contribution >= 4 is 0 Å². The Morgan fingerprint density at radius 3 is 2.72 bits per heavy atom. The highest BCUT2D eigenvalue weighted by Gasteiger charge is 2.11. The molecule has 0 aliphatic rings. The minimum absolute atomic E-state index is 0.398. The third kappa shape index (κ3) is 3.40. The van der Waals surface area contributed by atoms with Gasteiger partial charge in [0.05, 0.1) is 0 Å². The quantitative estimate of drug-likeness (QED) is 0.847. The average molecular weight is 245 g/mol. The van der Waals surface area contributed by atoms with E-state index < -0.39 is 0 Å². The number of rotatable bonds is 6. The van der Waals surface area contributed by atoms with E-state index in [-0.39, 0.29) is 0 Å². The van der Waals surface area contributed by atoms with Crippen LogP contribution in [0.3, 0.4) is 0 Å². The SMILES string of the molecule is CCC(Cc1nc(Cc2ccccc2)no1)NC. The molecule has 96 valence electrons. The zero-order valence-corrected chi connectivity index (χ0v) is 10.9. The third-order valence-corrected chi connectivity index (χ3v) is 3.04. The van der Waals surface area contributed by atoms with Crippen molar-refractivity contribution in [3.8, 4) is 0 Å². The van der Waals surface area contributed by atoms with Crippen LogP contribution in [0.4, 0.5) is 0 Å². The maximum absolute atomic E-state index is 5.27. The Labute approximate surface area is 107 Å². The molecule has 0 aliphatic heterocycles. The van der Waals surface area contributed by atoms with Crippen LogP contribution in [-0.4, -0.2) is 23.2 Å². The van der Waals surface area contributed by atoms with Gasteiger partial charge in [-0.25, -0.2) is 0 Å². The van der Waals surface area contributed by atoms with E-state index in [0.29, 0.717) is 11.9 Å². The van der Waals surface area contributed by atoms with Gasteiger partial charge in [-0.05, 0) is 19.0 Å². The third-order valence-electron chi connectivity index (χ3n) is 3.04. The fourth-order valence-corrected chi connectivity index (χ4v) is 1.88. The Balaban J connectivity index is 1.98. The monoisotopic (exact) mass is 245 g/mol. The summed E-state index contributed by atoms with van der Waals surface area (Å²) in [7, 11) is 1.95. The number of benzene rings is 1. The molecule has 1 aromatic carbocycles. The second-order valence-electron chi connectivity index (χ2n) is 4.36. The van der Waals surface area contributed by atoms with Crippen LogP contribution in [0, 0.1) is 0 Å². The molecule has 0 radical (unpaired) electrons. The van der Waals surface area contributed by atoms with Crippen molar-refractivity contribution in [3.05, 3.63) is 47.6 Å². The molecule has 1 heterocycles. The van der Waals surface area contributed by atoms with Crippen LogP contribution in [0.15, 0.2) is 34.9 Å². The molecule has 0 saturated heterocycles. The Morgan fingerprint density at radius 2 is 2.06 bits per heavy atom. The van der Waals surface area contributed by atoms with Gasteiger partial charge < -0.3 is 9.84 Å². The first kappa shape index (κ1) is 12.8. The summed E-state index contributed by atoms with van der Waals surface area (Å²) in [5.41, 5.74) is 1.20. The number of hydrogen-bond acceptors (Lipinski definition) is 4. The smallest absolute Gasteiger partial charge is 0.228 e. The molecule has 0 amide bonds. The molecule has 2 rings (SSSR count). The van der Waals surface area contributed by atoms with Crippen molar-refractivity contribution in [2.45, 2.75) is 32.2 Å². The molecule has 4 heteroatoms. The Bertz CT molecular complexity index is 463. The van der Waals surface area contributed by atoms with Gasteiger partial charge >= 0.3 is 0 Å². The van der Waals surface area contributed by atoms with Crippen LogP contribution in [0.5, 0.6) is 0 Å². The summed E-state index contributed by atoms with van der Waals surface area (Å²) in [6, 6.07) is 10.6. The first-order valence-electron chi connectivity index (χ1n) is 6.34. The summed E-state index contributed by atoms with van der Waals surface area (Å²) in [5.74, 6) is 1.46. The molecule has 0 bridgehead atoms. The highest BCUT2D eigenvalue weighted by molar-refractivity contribution is 5.18. The summed E-state index contributed by atoms with van der Waals surface area (Å²) in [4.78, 5) is 4.42. The molecule has 1 unspecified atom stereocenters. The van der Waals surface area contributed by atoms with Crippen molar-refractivity contribution < 1.29 is 4.52 Å². The molecule has 1 N–H and O–H groups in total. The van der Waals surface area contributed by atoms with Crippen molar-refractivity contribution in [1.82, 2.24) is 15.5 Å². The first-order valence-corrected chi connectivity index (χ1v) is 6.34. The zero-order chi connectivity index (χ0) is 12.8. The van der Waals surface area contributed by atoms with Gasteiger partial charge in [0, 0.05) is 18.9 Å². The van der Waals surface area contributed by atoms with Crippen LogP contribution in [0.1, 0.15) is 30.6 Å². The Morgan fingerprint density at radius 1 is 1.28 bits per heavy atom. The minimum atomic E-state index is 0.398. The lowest BCUT2D eigenvalue weighted by Crippen LogP contribution is -2.26. The summed E-state index contributed by atoms with van der Waals surface area (Å²) in [6.45, 7) is 2.14. The van der Waals surface area contributed by atoms with Crippen LogP contribution in [0.2, 0.25) is 0 Å². The summed E-state index contributed by atoms with van der Waals surface area (Å²) in [6.07, 6.45) is 2.56. The second-order valence-corrected chi connectivity index (χ2v) is 4.36. The number of nitrogens with one attached hydrogen (secondary N) is 1. The number of aromatic nitrogens is 2. The van der Waals surface area contributed by atoms with Crippen molar-refractivity contribution in [1.29, 1.82) is 0 Å². The van der Waals surface area contributed by atoms with E-state index in [1.54, 1.807) is 0 Å². The Kier molecular flexibility index (Phi) is 4.47. The molecule has 0 saturated carbocycles. The zero-order valence-electron chi connectivity index (χ0n) is 10.9. The molecule has 18 heavy (non-hydrogen) atoms. The number of likely N-dealkylation sites (N-methyl/N-ethyl adjacent to an activating group) is 1. The lowest BCUT2D eigenvalue weighted by atomic mass is 10.1. The highest BCUT2D eigenvalue weighted by atomic mass is 16.5. The fraction of sp³-hybridized carbons (Fsp3) is 0.429. The van der Waals surface area contributed by atoms with Gasteiger partial charge in [-0.3, -0.25) is 0 Å². The van der Waals surface area contributed by atoms with Gasteiger partial charge in [0.15, 0.2) is 5.82 Å². The second kappa shape index (κ2) is 6.31. The average Bonchev–Trinajstić information content (AvgIpc) is 2.84. The van der Waals surface area contributed by atoms with Gasteiger partial charge in [-0.15, -0.1) is 0 Å². The molecule has 0 aliphatic carbocycles. The van der Waals surface area contributed by atoms with Crippen LogP contribution < -0.4 is 5.32 Å². The molecule has 4 nitrogen and oxygen atoms in total. The topological polar surface area (TPSA) is 51.0 Å². The molecule has 1 aromatic heterocycles. The van der Waals surface area contributed by atoms with E-state index in [0.717, 1.165) is 25.1 Å². The predicted molar refractivity (Wildman–Crippen MR) is 70.4 cm³/mol. The normalized spacial score (nSPS) is 12.6. The summed E-state index contributed by atoms with van der Waals surface area (Å²) < 4.78 is 5.27. The molecule has 0 fully saturated rings. The molecule has 0 spiro atoms. The largest absolute Gasteiger partial charge is 0.339 e.